The molecule has 5 heteroatoms. The smallest absolute Gasteiger partial charge is 0.326 e. The predicted octanol–water partition coefficient (Wildman–Crippen LogP) is 2.17. The minimum absolute atomic E-state index is 0.127. The Hall–Kier alpha value is -1.26. The third-order valence-electron chi connectivity index (χ3n) is 4.81. The van der Waals surface area contributed by atoms with Gasteiger partial charge in [-0.25, -0.2) is 9.59 Å². The van der Waals surface area contributed by atoms with Gasteiger partial charge in [0.15, 0.2) is 0 Å². The lowest BCUT2D eigenvalue weighted by Gasteiger charge is -2.30. The number of carboxylic acid groups (broad SMARTS) is 1. The summed E-state index contributed by atoms with van der Waals surface area (Å²) in [5, 5.41) is 9.13. The number of aliphatic carboxylic acids is 1. The summed E-state index contributed by atoms with van der Waals surface area (Å²) >= 11 is 0. The summed E-state index contributed by atoms with van der Waals surface area (Å²) < 4.78 is 0. The van der Waals surface area contributed by atoms with Crippen molar-refractivity contribution in [2.24, 2.45) is 5.41 Å². The van der Waals surface area contributed by atoms with Gasteiger partial charge in [0.25, 0.3) is 0 Å². The molecule has 2 amide bonds. The average molecular weight is 268 g/mol. The molecule has 1 heterocycles. The molecule has 1 aliphatic heterocycles. The minimum atomic E-state index is -0.923. The first-order valence-corrected chi connectivity index (χ1v) is 7.24. The zero-order valence-corrected chi connectivity index (χ0v) is 11.9. The molecule has 2 fully saturated rings. The number of hydrogen-bond acceptors (Lipinski definition) is 2. The molecule has 0 bridgehead atoms. The molecule has 0 radical (unpaired) electrons. The van der Waals surface area contributed by atoms with Crippen molar-refractivity contribution in [1.29, 1.82) is 0 Å². The molecule has 19 heavy (non-hydrogen) atoms. The summed E-state index contributed by atoms with van der Waals surface area (Å²) in [6, 6.07) is -0.842. The van der Waals surface area contributed by atoms with Crippen LogP contribution in [0.2, 0.25) is 0 Å². The third-order valence-corrected chi connectivity index (χ3v) is 4.81. The van der Waals surface area contributed by atoms with E-state index in [9.17, 15) is 9.59 Å². The van der Waals surface area contributed by atoms with Crippen LogP contribution in [0.4, 0.5) is 4.79 Å². The molecule has 5 nitrogen and oxygen atoms in total. The number of amides is 2. The predicted molar refractivity (Wildman–Crippen MR) is 72.0 cm³/mol. The Labute approximate surface area is 114 Å². The van der Waals surface area contributed by atoms with Gasteiger partial charge in [-0.15, -0.1) is 0 Å². The van der Waals surface area contributed by atoms with Crippen molar-refractivity contribution < 1.29 is 14.7 Å². The van der Waals surface area contributed by atoms with E-state index in [0.29, 0.717) is 11.8 Å². The molecule has 2 rings (SSSR count). The highest BCUT2D eigenvalue weighted by Gasteiger charge is 2.43. The Morgan fingerprint density at radius 3 is 2.47 bits per heavy atom. The average Bonchev–Trinajstić information content (AvgIpc) is 3.00. The van der Waals surface area contributed by atoms with Gasteiger partial charge in [0, 0.05) is 20.1 Å². The fraction of sp³-hybridized carbons (Fsp3) is 0.857. The van der Waals surface area contributed by atoms with Crippen molar-refractivity contribution in [2.75, 3.05) is 20.1 Å². The van der Waals surface area contributed by atoms with Crippen LogP contribution < -0.4 is 0 Å². The number of rotatable bonds is 3. The van der Waals surface area contributed by atoms with Crippen LogP contribution >= 0.6 is 0 Å². The standard InChI is InChI=1S/C14H24N2O3/c1-3-11(12(17)18)15(2)13(19)16-9-8-14(10-16)6-4-5-7-14/h11H,3-10H2,1-2H3,(H,17,18). The molecule has 0 aromatic carbocycles. The normalized spacial score (nSPS) is 22.7. The summed E-state index contributed by atoms with van der Waals surface area (Å²) in [6.45, 7) is 3.39. The molecule has 0 aromatic rings. The van der Waals surface area contributed by atoms with Crippen LogP contribution in [0, 0.1) is 5.41 Å². The van der Waals surface area contributed by atoms with Gasteiger partial charge in [0.05, 0.1) is 0 Å². The van der Waals surface area contributed by atoms with Crippen LogP contribution in [0.15, 0.2) is 0 Å². The van der Waals surface area contributed by atoms with Crippen LogP contribution in [0.1, 0.15) is 45.4 Å². The molecule has 1 spiro atoms. The molecule has 1 saturated heterocycles. The number of likely N-dealkylation sites (N-methyl/N-ethyl adjacent to an activating group) is 1. The first-order valence-electron chi connectivity index (χ1n) is 7.24. The van der Waals surface area contributed by atoms with E-state index in [1.165, 1.54) is 30.6 Å². The molecule has 1 atom stereocenters. The third kappa shape index (κ3) is 2.69. The maximum absolute atomic E-state index is 12.4. The Morgan fingerprint density at radius 2 is 1.95 bits per heavy atom. The minimum Gasteiger partial charge on any atom is -0.480 e. The van der Waals surface area contributed by atoms with E-state index in [-0.39, 0.29) is 6.03 Å². The van der Waals surface area contributed by atoms with Gasteiger partial charge < -0.3 is 14.9 Å². The fourth-order valence-electron chi connectivity index (χ4n) is 3.60. The quantitative estimate of drug-likeness (QED) is 0.853. The van der Waals surface area contributed by atoms with Gasteiger partial charge in [0.2, 0.25) is 0 Å². The van der Waals surface area contributed by atoms with Crippen LogP contribution in [0.25, 0.3) is 0 Å². The van der Waals surface area contributed by atoms with Gasteiger partial charge in [0.1, 0.15) is 6.04 Å². The van der Waals surface area contributed by atoms with Crippen molar-refractivity contribution in [1.82, 2.24) is 9.80 Å². The highest BCUT2D eigenvalue weighted by Crippen LogP contribution is 2.45. The second-order valence-electron chi connectivity index (χ2n) is 6.03. The van der Waals surface area contributed by atoms with Crippen molar-refractivity contribution in [3.05, 3.63) is 0 Å². The van der Waals surface area contributed by atoms with Crippen molar-refractivity contribution in [3.8, 4) is 0 Å². The SMILES string of the molecule is CCC(C(=O)O)N(C)C(=O)N1CCC2(CCCC2)C1. The van der Waals surface area contributed by atoms with Gasteiger partial charge in [-0.05, 0) is 31.1 Å². The molecule has 1 N–H and O–H groups in total. The number of carboxylic acids is 1. The Bertz CT molecular complexity index is 364. The first-order chi connectivity index (χ1) is 8.99. The van der Waals surface area contributed by atoms with Crippen LogP contribution in [0.3, 0.4) is 0 Å². The molecule has 108 valence electrons. The van der Waals surface area contributed by atoms with E-state index in [4.69, 9.17) is 5.11 Å². The van der Waals surface area contributed by atoms with E-state index in [1.807, 2.05) is 4.90 Å². The number of urea groups is 1. The van der Waals surface area contributed by atoms with E-state index >= 15 is 0 Å². The van der Waals surface area contributed by atoms with Crippen LogP contribution in [0.5, 0.6) is 0 Å². The summed E-state index contributed by atoms with van der Waals surface area (Å²) in [6.07, 6.45) is 6.50. The number of carbonyl (C=O) groups excluding carboxylic acids is 1. The van der Waals surface area contributed by atoms with Crippen molar-refractivity contribution in [3.63, 3.8) is 0 Å². The maximum atomic E-state index is 12.4. The number of hydrogen-bond donors (Lipinski definition) is 1. The van der Waals surface area contributed by atoms with Crippen LogP contribution in [-0.2, 0) is 4.79 Å². The fourth-order valence-corrected chi connectivity index (χ4v) is 3.60. The second-order valence-corrected chi connectivity index (χ2v) is 6.03. The molecule has 0 aromatic heterocycles. The molecule has 1 unspecified atom stereocenters. The Balaban J connectivity index is 1.98. The highest BCUT2D eigenvalue weighted by molar-refractivity contribution is 5.82. The lowest BCUT2D eigenvalue weighted by molar-refractivity contribution is -0.142. The highest BCUT2D eigenvalue weighted by atomic mass is 16.4. The molecule has 2 aliphatic rings. The Kier molecular flexibility index (Phi) is 4.02. The molecule has 1 saturated carbocycles. The zero-order valence-electron chi connectivity index (χ0n) is 11.9. The summed E-state index contributed by atoms with van der Waals surface area (Å²) in [4.78, 5) is 26.7. The lowest BCUT2D eigenvalue weighted by Crippen LogP contribution is -2.48. The van der Waals surface area contributed by atoms with Crippen LogP contribution in [-0.4, -0.2) is 53.1 Å². The summed E-state index contributed by atoms with van der Waals surface area (Å²) in [7, 11) is 1.60. The number of nitrogens with zero attached hydrogens (tertiary/aromatic N) is 2. The maximum Gasteiger partial charge on any atom is 0.326 e. The first kappa shape index (κ1) is 14.2. The van der Waals surface area contributed by atoms with Gasteiger partial charge >= 0.3 is 12.0 Å². The van der Waals surface area contributed by atoms with Gasteiger partial charge in [-0.3, -0.25) is 0 Å². The zero-order chi connectivity index (χ0) is 14.0. The van der Waals surface area contributed by atoms with Gasteiger partial charge in [-0.2, -0.15) is 0 Å². The molecule has 1 aliphatic carbocycles. The van der Waals surface area contributed by atoms with E-state index in [2.05, 4.69) is 0 Å². The second kappa shape index (κ2) is 5.39. The van der Waals surface area contributed by atoms with Crippen molar-refractivity contribution >= 4 is 12.0 Å². The topological polar surface area (TPSA) is 60.9 Å². The summed E-state index contributed by atoms with van der Waals surface area (Å²) in [5.41, 5.74) is 0.335. The van der Waals surface area contributed by atoms with Gasteiger partial charge in [-0.1, -0.05) is 19.8 Å². The van der Waals surface area contributed by atoms with E-state index in [1.54, 1.807) is 14.0 Å². The summed E-state index contributed by atoms with van der Waals surface area (Å²) in [5.74, 6) is -0.923. The lowest BCUT2D eigenvalue weighted by atomic mass is 9.86. The molecular weight excluding hydrogens is 244 g/mol. The van der Waals surface area contributed by atoms with Crippen molar-refractivity contribution in [2.45, 2.75) is 51.5 Å². The van der Waals surface area contributed by atoms with E-state index in [0.717, 1.165) is 19.5 Å². The number of likely N-dealkylation sites (tertiary alicyclic amines) is 1. The molecular formula is C14H24N2O3. The van der Waals surface area contributed by atoms with E-state index < -0.39 is 12.0 Å². The Morgan fingerprint density at radius 1 is 1.32 bits per heavy atom. The largest absolute Gasteiger partial charge is 0.480 e. The number of carbonyl (C=O) groups is 2. The monoisotopic (exact) mass is 268 g/mol.